The second kappa shape index (κ2) is 6.26. The highest BCUT2D eigenvalue weighted by Crippen LogP contribution is 2.32. The van der Waals surface area contributed by atoms with Crippen LogP contribution in [0.3, 0.4) is 0 Å². The van der Waals surface area contributed by atoms with Crippen LogP contribution in [-0.4, -0.2) is 12.3 Å². The molecule has 4 aromatic rings. The summed E-state index contributed by atoms with van der Waals surface area (Å²) < 4.78 is 17.4. The third-order valence-electron chi connectivity index (χ3n) is 4.64. The number of hydrogen-bond acceptors (Lipinski definition) is 5. The van der Waals surface area contributed by atoms with Crippen molar-refractivity contribution in [3.63, 3.8) is 0 Å². The first-order valence-electron chi connectivity index (χ1n) is 8.47. The van der Waals surface area contributed by atoms with E-state index in [4.69, 9.17) is 13.6 Å². The number of para-hydroxylation sites is 1. The van der Waals surface area contributed by atoms with Crippen LogP contribution in [0, 0.1) is 6.92 Å². The van der Waals surface area contributed by atoms with Gasteiger partial charge in [-0.25, -0.2) is 0 Å². The zero-order valence-corrected chi connectivity index (χ0v) is 14.9. The Morgan fingerprint density at radius 3 is 2.58 bits per heavy atom. The van der Waals surface area contributed by atoms with E-state index >= 15 is 0 Å². The molecule has 0 amide bonds. The van der Waals surface area contributed by atoms with Gasteiger partial charge in [-0.05, 0) is 37.1 Å². The van der Waals surface area contributed by atoms with Crippen molar-refractivity contribution in [3.8, 4) is 17.1 Å². The molecule has 0 aliphatic heterocycles. The van der Waals surface area contributed by atoms with E-state index < -0.39 is 0 Å². The van der Waals surface area contributed by atoms with E-state index in [1.807, 2.05) is 56.3 Å². The predicted molar refractivity (Wildman–Crippen MR) is 99.4 cm³/mol. The molecule has 5 heteroatoms. The first kappa shape index (κ1) is 16.3. The van der Waals surface area contributed by atoms with E-state index in [-0.39, 0.29) is 0 Å². The van der Waals surface area contributed by atoms with Crippen molar-refractivity contribution >= 4 is 21.9 Å². The predicted octanol–water partition coefficient (Wildman–Crippen LogP) is 5.02. The first-order valence-corrected chi connectivity index (χ1v) is 8.47. The number of aryl methyl sites for hydroxylation is 2. The van der Waals surface area contributed by atoms with Gasteiger partial charge in [0.1, 0.15) is 33.8 Å². The van der Waals surface area contributed by atoms with Crippen LogP contribution in [-0.2, 0) is 6.42 Å². The summed E-state index contributed by atoms with van der Waals surface area (Å²) in [5.41, 5.74) is 3.03. The average molecular weight is 349 g/mol. The molecule has 0 saturated carbocycles. The molecule has 2 heterocycles. The summed E-state index contributed by atoms with van der Waals surface area (Å²) in [5.74, 6) is 1.97. The van der Waals surface area contributed by atoms with E-state index in [1.165, 1.54) is 0 Å². The maximum Gasteiger partial charge on any atom is 0.141 e. The summed E-state index contributed by atoms with van der Waals surface area (Å²) >= 11 is 0. The van der Waals surface area contributed by atoms with Crippen LogP contribution >= 0.6 is 0 Å². The SMILES string of the molecule is CCc1cc2c(=NO)c(-c3cc4ccccc4o3)c(C)oc2cc1OC. The van der Waals surface area contributed by atoms with Gasteiger partial charge in [0.05, 0.1) is 12.7 Å². The van der Waals surface area contributed by atoms with Gasteiger partial charge in [-0.15, -0.1) is 0 Å². The molecule has 1 N–H and O–H groups in total. The Bertz CT molecular complexity index is 1150. The molecule has 0 radical (unpaired) electrons. The largest absolute Gasteiger partial charge is 0.496 e. The van der Waals surface area contributed by atoms with Crippen LogP contribution in [0.2, 0.25) is 0 Å². The Hall–Kier alpha value is -3.21. The highest BCUT2D eigenvalue weighted by Gasteiger charge is 2.18. The lowest BCUT2D eigenvalue weighted by atomic mass is 10.0. The van der Waals surface area contributed by atoms with E-state index in [0.29, 0.717) is 33.4 Å². The number of ether oxygens (including phenoxy) is 1. The molecule has 0 saturated heterocycles. The summed E-state index contributed by atoms with van der Waals surface area (Å²) in [6.07, 6.45) is 0.790. The maximum atomic E-state index is 9.78. The minimum absolute atomic E-state index is 0.431. The number of methoxy groups -OCH3 is 1. The zero-order chi connectivity index (χ0) is 18.3. The molecule has 26 heavy (non-hydrogen) atoms. The van der Waals surface area contributed by atoms with E-state index in [0.717, 1.165) is 28.7 Å². The van der Waals surface area contributed by atoms with Crippen LogP contribution in [0.1, 0.15) is 18.2 Å². The fourth-order valence-corrected chi connectivity index (χ4v) is 3.36. The Kier molecular flexibility index (Phi) is 3.92. The summed E-state index contributed by atoms with van der Waals surface area (Å²) in [4.78, 5) is 0. The van der Waals surface area contributed by atoms with Crippen LogP contribution in [0.5, 0.6) is 5.75 Å². The normalized spacial score (nSPS) is 12.2. The van der Waals surface area contributed by atoms with Gasteiger partial charge in [0.25, 0.3) is 0 Å². The first-order chi connectivity index (χ1) is 12.7. The van der Waals surface area contributed by atoms with Gasteiger partial charge in [0.2, 0.25) is 0 Å². The standard InChI is InChI=1S/C21H19NO4/c1-4-13-9-15-18(11-17(13)24-3)25-12(2)20(21(15)22-23)19-10-14-7-5-6-8-16(14)26-19/h5-11,23H,4H2,1-3H3. The van der Waals surface area contributed by atoms with Gasteiger partial charge in [-0.3, -0.25) is 0 Å². The van der Waals surface area contributed by atoms with Crippen LogP contribution in [0.4, 0.5) is 0 Å². The molecule has 0 aliphatic carbocycles. The minimum atomic E-state index is 0.431. The van der Waals surface area contributed by atoms with Crippen LogP contribution in [0.15, 0.2) is 56.5 Å². The maximum absolute atomic E-state index is 9.78. The summed E-state index contributed by atoms with van der Waals surface area (Å²) in [6, 6.07) is 13.5. The quantitative estimate of drug-likeness (QED) is 0.417. The number of furan rings is 1. The van der Waals surface area contributed by atoms with Gasteiger partial charge in [0, 0.05) is 16.8 Å². The smallest absolute Gasteiger partial charge is 0.141 e. The van der Waals surface area contributed by atoms with Gasteiger partial charge >= 0.3 is 0 Å². The number of nitrogens with zero attached hydrogens (tertiary/aromatic N) is 1. The molecule has 2 aromatic heterocycles. The highest BCUT2D eigenvalue weighted by molar-refractivity contribution is 5.87. The molecule has 4 rings (SSSR count). The molecule has 0 aliphatic rings. The van der Waals surface area contributed by atoms with Crippen LogP contribution < -0.4 is 10.1 Å². The van der Waals surface area contributed by atoms with Gasteiger partial charge in [0.15, 0.2) is 0 Å². The molecule has 0 atom stereocenters. The number of benzene rings is 2. The monoisotopic (exact) mass is 349 g/mol. The van der Waals surface area contributed by atoms with E-state index in [2.05, 4.69) is 5.16 Å². The summed E-state index contributed by atoms with van der Waals surface area (Å²) in [7, 11) is 1.63. The molecule has 0 bridgehead atoms. The van der Waals surface area contributed by atoms with Gasteiger partial charge in [-0.1, -0.05) is 30.3 Å². The summed E-state index contributed by atoms with van der Waals surface area (Å²) in [6.45, 7) is 3.88. The topological polar surface area (TPSA) is 68.1 Å². The second-order valence-corrected chi connectivity index (χ2v) is 6.14. The number of rotatable bonds is 3. The summed E-state index contributed by atoms with van der Waals surface area (Å²) in [5, 5.41) is 15.5. The third-order valence-corrected chi connectivity index (χ3v) is 4.64. The zero-order valence-electron chi connectivity index (χ0n) is 14.9. The highest BCUT2D eigenvalue weighted by atomic mass is 16.5. The lowest BCUT2D eigenvalue weighted by Crippen LogP contribution is -2.10. The Morgan fingerprint density at radius 2 is 1.88 bits per heavy atom. The molecule has 132 valence electrons. The molecule has 5 nitrogen and oxygen atoms in total. The van der Waals surface area contributed by atoms with Crippen molar-refractivity contribution in [2.45, 2.75) is 20.3 Å². The molecule has 2 aromatic carbocycles. The molecular formula is C21H19NO4. The van der Waals surface area contributed by atoms with Gasteiger partial charge in [-0.2, -0.15) is 0 Å². The molecule has 0 unspecified atom stereocenters. The Morgan fingerprint density at radius 1 is 1.08 bits per heavy atom. The second-order valence-electron chi connectivity index (χ2n) is 6.14. The van der Waals surface area contributed by atoms with Crippen molar-refractivity contribution in [1.29, 1.82) is 0 Å². The molecular weight excluding hydrogens is 330 g/mol. The molecule has 0 spiro atoms. The fourth-order valence-electron chi connectivity index (χ4n) is 3.36. The van der Waals surface area contributed by atoms with Crippen molar-refractivity contribution in [1.82, 2.24) is 0 Å². The lowest BCUT2D eigenvalue weighted by Gasteiger charge is -2.11. The molecule has 0 fully saturated rings. The third kappa shape index (κ3) is 2.44. The minimum Gasteiger partial charge on any atom is -0.496 e. The van der Waals surface area contributed by atoms with Crippen molar-refractivity contribution in [2.75, 3.05) is 7.11 Å². The van der Waals surface area contributed by atoms with Crippen molar-refractivity contribution < 1.29 is 18.8 Å². The van der Waals surface area contributed by atoms with Crippen LogP contribution in [0.25, 0.3) is 33.3 Å². The number of fused-ring (bicyclic) bond motifs is 2. The fraction of sp³-hybridized carbons (Fsp3) is 0.190. The van der Waals surface area contributed by atoms with Gasteiger partial charge < -0.3 is 18.8 Å². The Balaban J connectivity index is 2.08. The average Bonchev–Trinajstić information content (AvgIpc) is 3.09. The number of hydrogen-bond donors (Lipinski definition) is 1. The van der Waals surface area contributed by atoms with E-state index in [9.17, 15) is 5.21 Å². The van der Waals surface area contributed by atoms with Crippen molar-refractivity contribution in [3.05, 3.63) is 59.1 Å². The van der Waals surface area contributed by atoms with E-state index in [1.54, 1.807) is 7.11 Å². The Labute approximate surface area is 150 Å². The lowest BCUT2D eigenvalue weighted by molar-refractivity contribution is 0.302. The van der Waals surface area contributed by atoms with Crippen molar-refractivity contribution in [2.24, 2.45) is 5.16 Å².